The summed E-state index contributed by atoms with van der Waals surface area (Å²) in [5.74, 6) is 0.0853. The lowest BCUT2D eigenvalue weighted by Crippen LogP contribution is -2.28. The fraction of sp³-hybridized carbons (Fsp3) is 0.800. The number of aldehydes is 1. The van der Waals surface area contributed by atoms with Gasteiger partial charge in [0.15, 0.2) is 0 Å². The minimum absolute atomic E-state index is 0.181. The highest BCUT2D eigenvalue weighted by Crippen LogP contribution is 2.14. The van der Waals surface area contributed by atoms with Gasteiger partial charge in [0.1, 0.15) is 12.9 Å². The summed E-state index contributed by atoms with van der Waals surface area (Å²) in [5.41, 5.74) is 4.59. The van der Waals surface area contributed by atoms with Gasteiger partial charge in [0.25, 0.3) is 0 Å². The summed E-state index contributed by atoms with van der Waals surface area (Å²) in [4.78, 5) is 21.6. The van der Waals surface area contributed by atoms with Crippen LogP contribution in [0.3, 0.4) is 0 Å². The van der Waals surface area contributed by atoms with Crippen molar-refractivity contribution >= 4 is 24.9 Å². The second-order valence-electron chi connectivity index (χ2n) is 3.74. The van der Waals surface area contributed by atoms with Gasteiger partial charge < -0.3 is 20.0 Å². The van der Waals surface area contributed by atoms with Crippen LogP contribution in [0.4, 0.5) is 0 Å². The molecule has 0 aromatic rings. The summed E-state index contributed by atoms with van der Waals surface area (Å²) in [7, 11) is 0. The lowest BCUT2D eigenvalue weighted by atomic mass is 9.97. The zero-order valence-corrected chi connectivity index (χ0v) is 10.4. The highest BCUT2D eigenvalue weighted by Gasteiger charge is 2.21. The van der Waals surface area contributed by atoms with Gasteiger partial charge in [0.2, 0.25) is 0 Å². The van der Waals surface area contributed by atoms with Gasteiger partial charge in [-0.1, -0.05) is 0 Å². The van der Waals surface area contributed by atoms with Gasteiger partial charge in [0.05, 0.1) is 25.0 Å². The van der Waals surface area contributed by atoms with Crippen LogP contribution in [-0.4, -0.2) is 44.4 Å². The molecule has 0 saturated carbocycles. The van der Waals surface area contributed by atoms with Crippen molar-refractivity contribution in [2.24, 2.45) is 11.1 Å². The van der Waals surface area contributed by atoms with Crippen molar-refractivity contribution in [1.29, 1.82) is 0 Å². The van der Waals surface area contributed by atoms with Crippen molar-refractivity contribution in [3.8, 4) is 0 Å². The number of esters is 1. The average Bonchev–Trinajstić information content (AvgIpc) is 2.28. The molecule has 6 heteroatoms. The van der Waals surface area contributed by atoms with Crippen molar-refractivity contribution in [2.75, 3.05) is 32.1 Å². The van der Waals surface area contributed by atoms with Crippen molar-refractivity contribution in [1.82, 2.24) is 0 Å². The highest BCUT2D eigenvalue weighted by atomic mass is 32.1. The van der Waals surface area contributed by atoms with E-state index in [1.807, 2.05) is 0 Å². The Morgan fingerprint density at radius 3 is 2.69 bits per heavy atom. The smallest absolute Gasteiger partial charge is 0.307 e. The van der Waals surface area contributed by atoms with E-state index in [1.165, 1.54) is 0 Å². The van der Waals surface area contributed by atoms with Crippen LogP contribution in [0.1, 0.15) is 13.3 Å². The Hall–Kier alpha value is -0.590. The Balaban J connectivity index is 3.53. The molecule has 0 aliphatic heterocycles. The third-order valence-electron chi connectivity index (χ3n) is 1.92. The van der Waals surface area contributed by atoms with Crippen molar-refractivity contribution in [3.05, 3.63) is 0 Å². The molecule has 0 heterocycles. The third-order valence-corrected chi connectivity index (χ3v) is 2.64. The Labute approximate surface area is 101 Å². The zero-order valence-electron chi connectivity index (χ0n) is 9.48. The van der Waals surface area contributed by atoms with Gasteiger partial charge in [0, 0.05) is 12.3 Å². The largest absolute Gasteiger partial charge is 0.463 e. The molecule has 0 aliphatic carbocycles. The molecule has 0 radical (unpaired) electrons. The third kappa shape index (κ3) is 6.81. The number of thiol groups is 1. The normalized spacial score (nSPS) is 14.2. The fourth-order valence-electron chi connectivity index (χ4n) is 0.827. The molecule has 0 aliphatic rings. The van der Waals surface area contributed by atoms with Crippen LogP contribution in [0.15, 0.2) is 0 Å². The van der Waals surface area contributed by atoms with Crippen molar-refractivity contribution < 1.29 is 19.1 Å². The molecule has 0 rings (SSSR count). The summed E-state index contributed by atoms with van der Waals surface area (Å²) in [6.45, 7) is 2.76. The highest BCUT2D eigenvalue weighted by molar-refractivity contribution is 7.80. The van der Waals surface area contributed by atoms with Gasteiger partial charge in [-0.05, 0) is 6.92 Å². The lowest BCUT2D eigenvalue weighted by molar-refractivity contribution is -0.145. The number of carbonyl (C=O) groups is 2. The SMILES string of the molecule is CC(C=O)(CS)COCCOC(=O)CCN. The fourth-order valence-corrected chi connectivity index (χ4v) is 0.993. The Morgan fingerprint density at radius 2 is 2.19 bits per heavy atom. The monoisotopic (exact) mass is 249 g/mol. The first-order chi connectivity index (χ1) is 7.58. The summed E-state index contributed by atoms with van der Waals surface area (Å²) in [6.07, 6.45) is 1.03. The van der Waals surface area contributed by atoms with E-state index in [1.54, 1.807) is 6.92 Å². The van der Waals surface area contributed by atoms with Crippen LogP contribution in [0, 0.1) is 5.41 Å². The Bertz CT molecular complexity index is 225. The first-order valence-corrected chi connectivity index (χ1v) is 5.72. The van der Waals surface area contributed by atoms with Gasteiger partial charge >= 0.3 is 5.97 Å². The van der Waals surface area contributed by atoms with Crippen molar-refractivity contribution in [2.45, 2.75) is 13.3 Å². The summed E-state index contributed by atoms with van der Waals surface area (Å²) in [6, 6.07) is 0. The molecular weight excluding hydrogens is 230 g/mol. The van der Waals surface area contributed by atoms with Crippen LogP contribution in [0.5, 0.6) is 0 Å². The maximum Gasteiger partial charge on any atom is 0.307 e. The maximum absolute atomic E-state index is 10.9. The van der Waals surface area contributed by atoms with Gasteiger partial charge in [-0.2, -0.15) is 12.6 Å². The molecule has 2 N–H and O–H groups in total. The van der Waals surface area contributed by atoms with E-state index in [-0.39, 0.29) is 38.8 Å². The van der Waals surface area contributed by atoms with E-state index in [4.69, 9.17) is 15.2 Å². The summed E-state index contributed by atoms with van der Waals surface area (Å²) in [5, 5.41) is 0. The molecule has 0 fully saturated rings. The van der Waals surface area contributed by atoms with E-state index in [2.05, 4.69) is 12.6 Å². The molecule has 0 amide bonds. The average molecular weight is 249 g/mol. The molecule has 94 valence electrons. The quantitative estimate of drug-likeness (QED) is 0.261. The molecule has 0 spiro atoms. The van der Waals surface area contributed by atoms with Crippen molar-refractivity contribution in [3.63, 3.8) is 0 Å². The minimum Gasteiger partial charge on any atom is -0.463 e. The van der Waals surface area contributed by atoms with Crippen LogP contribution < -0.4 is 5.73 Å². The summed E-state index contributed by atoms with van der Waals surface area (Å²) >= 11 is 4.06. The number of hydrogen-bond donors (Lipinski definition) is 2. The molecule has 0 saturated heterocycles. The predicted molar refractivity (Wildman–Crippen MR) is 63.5 cm³/mol. The molecule has 5 nitrogen and oxygen atoms in total. The molecule has 1 unspecified atom stereocenters. The second-order valence-corrected chi connectivity index (χ2v) is 4.06. The number of carbonyl (C=O) groups excluding carboxylic acids is 2. The maximum atomic E-state index is 10.9. The lowest BCUT2D eigenvalue weighted by Gasteiger charge is -2.19. The Morgan fingerprint density at radius 1 is 1.50 bits per heavy atom. The first-order valence-electron chi connectivity index (χ1n) is 5.08. The predicted octanol–water partition coefficient (Wildman–Crippen LogP) is 0.0300. The number of nitrogens with two attached hydrogens (primary N) is 1. The van der Waals surface area contributed by atoms with E-state index in [0.29, 0.717) is 5.75 Å². The van der Waals surface area contributed by atoms with Crippen LogP contribution in [0.2, 0.25) is 0 Å². The van der Waals surface area contributed by atoms with Crippen LogP contribution in [-0.2, 0) is 19.1 Å². The molecule has 0 aromatic carbocycles. The standard InChI is InChI=1S/C10H19NO4S/c1-10(6-12,8-16)7-14-4-5-15-9(13)2-3-11/h6,16H,2-5,7-8,11H2,1H3. The van der Waals surface area contributed by atoms with Gasteiger partial charge in [-0.3, -0.25) is 4.79 Å². The molecular formula is C10H19NO4S. The van der Waals surface area contributed by atoms with Gasteiger partial charge in [-0.25, -0.2) is 0 Å². The Kier molecular flexibility index (Phi) is 8.23. The van der Waals surface area contributed by atoms with E-state index >= 15 is 0 Å². The van der Waals surface area contributed by atoms with E-state index < -0.39 is 5.41 Å². The molecule has 0 bridgehead atoms. The zero-order chi connectivity index (χ0) is 12.4. The molecule has 16 heavy (non-hydrogen) atoms. The van der Waals surface area contributed by atoms with Crippen LogP contribution >= 0.6 is 12.6 Å². The van der Waals surface area contributed by atoms with E-state index in [0.717, 1.165) is 6.29 Å². The molecule has 1 atom stereocenters. The number of hydrogen-bond acceptors (Lipinski definition) is 6. The minimum atomic E-state index is -0.579. The number of rotatable bonds is 9. The number of ether oxygens (including phenoxy) is 2. The van der Waals surface area contributed by atoms with Crippen LogP contribution in [0.25, 0.3) is 0 Å². The topological polar surface area (TPSA) is 78.6 Å². The van der Waals surface area contributed by atoms with Gasteiger partial charge in [-0.15, -0.1) is 0 Å². The van der Waals surface area contributed by atoms with E-state index in [9.17, 15) is 9.59 Å². The summed E-state index contributed by atoms with van der Waals surface area (Å²) < 4.78 is 10.0. The second kappa shape index (κ2) is 8.55. The molecule has 0 aromatic heterocycles. The first kappa shape index (κ1) is 15.4.